The third-order valence-electron chi connectivity index (χ3n) is 5.81. The van der Waals surface area contributed by atoms with Crippen LogP contribution >= 0.6 is 0 Å². The highest BCUT2D eigenvalue weighted by molar-refractivity contribution is 5.75. The van der Waals surface area contributed by atoms with Crippen molar-refractivity contribution in [3.8, 4) is 11.5 Å². The van der Waals surface area contributed by atoms with Crippen LogP contribution in [-0.2, 0) is 19.6 Å². The number of hydrogen-bond donors (Lipinski definition) is 0. The van der Waals surface area contributed by atoms with Crippen LogP contribution in [0.1, 0.15) is 42.3 Å². The molecule has 32 heavy (non-hydrogen) atoms. The van der Waals surface area contributed by atoms with E-state index in [2.05, 4.69) is 73.9 Å². The summed E-state index contributed by atoms with van der Waals surface area (Å²) >= 11 is 0. The molecule has 0 aliphatic heterocycles. The van der Waals surface area contributed by atoms with Crippen molar-refractivity contribution >= 4 is 11.0 Å². The van der Waals surface area contributed by atoms with Gasteiger partial charge in [0.2, 0.25) is 0 Å². The van der Waals surface area contributed by atoms with E-state index >= 15 is 0 Å². The summed E-state index contributed by atoms with van der Waals surface area (Å²) < 4.78 is 14.4. The first-order valence-corrected chi connectivity index (χ1v) is 11.5. The number of hydrogen-bond acceptors (Lipinski definition) is 3. The lowest BCUT2D eigenvalue weighted by Crippen LogP contribution is -2.09. The average Bonchev–Trinajstić information content (AvgIpc) is 3.17. The molecule has 4 heteroatoms. The van der Waals surface area contributed by atoms with Gasteiger partial charge in [0.05, 0.1) is 17.6 Å². The van der Waals surface area contributed by atoms with Crippen molar-refractivity contribution in [2.24, 2.45) is 0 Å². The fraction of sp³-hybridized carbons (Fsp3) is 0.321. The van der Waals surface area contributed by atoms with Crippen molar-refractivity contribution in [2.75, 3.05) is 6.61 Å². The highest BCUT2D eigenvalue weighted by Crippen LogP contribution is 2.21. The van der Waals surface area contributed by atoms with Gasteiger partial charge in [0.25, 0.3) is 0 Å². The lowest BCUT2D eigenvalue weighted by atomic mass is 10.1. The maximum absolute atomic E-state index is 6.06. The van der Waals surface area contributed by atoms with Crippen LogP contribution in [0, 0.1) is 13.8 Å². The van der Waals surface area contributed by atoms with Gasteiger partial charge in [0, 0.05) is 6.54 Å². The molecule has 1 aromatic heterocycles. The van der Waals surface area contributed by atoms with Crippen LogP contribution in [0.15, 0.2) is 66.7 Å². The number of nitrogens with zero attached hydrogens (tertiary/aromatic N) is 2. The minimum atomic E-state index is 0.457. The zero-order valence-electron chi connectivity index (χ0n) is 19.3. The SMILES string of the molecule is CCc1ccc(OCc2nc3ccccc3n2CCCCOc2cc(C)ccc2C)cc1. The van der Waals surface area contributed by atoms with Gasteiger partial charge in [-0.15, -0.1) is 0 Å². The number of imidazole rings is 1. The average molecular weight is 429 g/mol. The van der Waals surface area contributed by atoms with Gasteiger partial charge in [0.1, 0.15) is 23.9 Å². The van der Waals surface area contributed by atoms with Crippen LogP contribution < -0.4 is 9.47 Å². The topological polar surface area (TPSA) is 36.3 Å². The number of rotatable bonds is 10. The highest BCUT2D eigenvalue weighted by atomic mass is 16.5. The fourth-order valence-electron chi connectivity index (χ4n) is 3.87. The van der Waals surface area contributed by atoms with E-state index in [0.29, 0.717) is 13.2 Å². The van der Waals surface area contributed by atoms with Crippen molar-refractivity contribution in [3.05, 3.63) is 89.2 Å². The number of ether oxygens (including phenoxy) is 2. The molecular formula is C28H32N2O2. The molecule has 0 saturated carbocycles. The number of para-hydroxylation sites is 2. The van der Waals surface area contributed by atoms with Crippen LogP contribution in [0.3, 0.4) is 0 Å². The molecule has 166 valence electrons. The van der Waals surface area contributed by atoms with Crippen molar-refractivity contribution in [2.45, 2.75) is 53.2 Å². The maximum Gasteiger partial charge on any atom is 0.147 e. The van der Waals surface area contributed by atoms with Crippen LogP contribution in [0.25, 0.3) is 11.0 Å². The smallest absolute Gasteiger partial charge is 0.147 e. The molecule has 0 amide bonds. The Hall–Kier alpha value is -3.27. The lowest BCUT2D eigenvalue weighted by Gasteiger charge is -2.12. The second-order valence-corrected chi connectivity index (χ2v) is 8.28. The van der Waals surface area contributed by atoms with Crippen LogP contribution in [0.4, 0.5) is 0 Å². The first-order chi connectivity index (χ1) is 15.6. The van der Waals surface area contributed by atoms with E-state index < -0.39 is 0 Å². The molecule has 4 aromatic rings. The zero-order chi connectivity index (χ0) is 22.3. The molecule has 0 atom stereocenters. The number of aromatic nitrogens is 2. The van der Waals surface area contributed by atoms with E-state index in [0.717, 1.165) is 54.2 Å². The van der Waals surface area contributed by atoms with Crippen molar-refractivity contribution in [1.82, 2.24) is 9.55 Å². The van der Waals surface area contributed by atoms with Gasteiger partial charge in [0.15, 0.2) is 0 Å². The van der Waals surface area contributed by atoms with Crippen LogP contribution in [-0.4, -0.2) is 16.2 Å². The van der Waals surface area contributed by atoms with Gasteiger partial charge in [-0.25, -0.2) is 4.98 Å². The van der Waals surface area contributed by atoms with Gasteiger partial charge in [-0.1, -0.05) is 43.3 Å². The van der Waals surface area contributed by atoms with Gasteiger partial charge in [-0.2, -0.15) is 0 Å². The molecule has 4 nitrogen and oxygen atoms in total. The Kier molecular flexibility index (Phi) is 7.10. The first kappa shape index (κ1) is 21.9. The Balaban J connectivity index is 1.38. The number of unbranched alkanes of at least 4 members (excludes halogenated alkanes) is 1. The van der Waals surface area contributed by atoms with E-state index in [4.69, 9.17) is 14.5 Å². The number of benzene rings is 3. The molecule has 3 aromatic carbocycles. The molecule has 0 N–H and O–H groups in total. The van der Waals surface area contributed by atoms with E-state index in [-0.39, 0.29) is 0 Å². The summed E-state index contributed by atoms with van der Waals surface area (Å²) in [5.41, 5.74) is 5.89. The van der Waals surface area contributed by atoms with Gasteiger partial charge < -0.3 is 14.0 Å². The standard InChI is InChI=1S/C28H32N2O2/c1-4-23-13-15-24(16-14-23)32-20-28-29-25-9-5-6-10-26(25)30(28)17-7-8-18-31-27-19-21(2)11-12-22(27)3/h5-6,9-16,19H,4,7-8,17-18,20H2,1-3H3. The lowest BCUT2D eigenvalue weighted by molar-refractivity contribution is 0.284. The second-order valence-electron chi connectivity index (χ2n) is 8.28. The van der Waals surface area contributed by atoms with Gasteiger partial charge in [-0.05, 0) is 80.1 Å². The third-order valence-corrected chi connectivity index (χ3v) is 5.81. The molecule has 1 heterocycles. The van der Waals surface area contributed by atoms with Crippen LogP contribution in [0.5, 0.6) is 11.5 Å². The second kappa shape index (κ2) is 10.4. The Labute approximate surface area is 190 Å². The Morgan fingerprint density at radius 2 is 1.69 bits per heavy atom. The largest absolute Gasteiger partial charge is 0.493 e. The van der Waals surface area contributed by atoms with E-state index in [1.165, 1.54) is 16.7 Å². The normalized spacial score (nSPS) is 11.1. The van der Waals surface area contributed by atoms with Crippen molar-refractivity contribution in [3.63, 3.8) is 0 Å². The maximum atomic E-state index is 6.06. The Morgan fingerprint density at radius 1 is 0.875 bits per heavy atom. The zero-order valence-corrected chi connectivity index (χ0v) is 19.3. The van der Waals surface area contributed by atoms with E-state index in [9.17, 15) is 0 Å². The molecule has 0 radical (unpaired) electrons. The van der Waals surface area contributed by atoms with Crippen LogP contribution in [0.2, 0.25) is 0 Å². The molecule has 0 fully saturated rings. The van der Waals surface area contributed by atoms with E-state index in [1.807, 2.05) is 18.2 Å². The first-order valence-electron chi connectivity index (χ1n) is 11.5. The molecule has 0 aliphatic rings. The molecule has 0 saturated heterocycles. The Bertz CT molecular complexity index is 1160. The molecule has 0 bridgehead atoms. The summed E-state index contributed by atoms with van der Waals surface area (Å²) in [6.45, 7) is 8.41. The molecule has 0 aliphatic carbocycles. The minimum Gasteiger partial charge on any atom is -0.493 e. The van der Waals surface area contributed by atoms with Gasteiger partial charge >= 0.3 is 0 Å². The predicted octanol–water partition coefficient (Wildman–Crippen LogP) is 6.65. The van der Waals surface area contributed by atoms with Crippen molar-refractivity contribution in [1.29, 1.82) is 0 Å². The highest BCUT2D eigenvalue weighted by Gasteiger charge is 2.11. The Morgan fingerprint density at radius 3 is 2.50 bits per heavy atom. The minimum absolute atomic E-state index is 0.457. The predicted molar refractivity (Wildman–Crippen MR) is 131 cm³/mol. The van der Waals surface area contributed by atoms with Crippen molar-refractivity contribution < 1.29 is 9.47 Å². The summed E-state index contributed by atoms with van der Waals surface area (Å²) in [6, 6.07) is 23.0. The summed E-state index contributed by atoms with van der Waals surface area (Å²) in [6.07, 6.45) is 3.03. The third kappa shape index (κ3) is 5.31. The molecule has 0 spiro atoms. The summed E-state index contributed by atoms with van der Waals surface area (Å²) in [5.74, 6) is 2.82. The van der Waals surface area contributed by atoms with Gasteiger partial charge in [-0.3, -0.25) is 0 Å². The quantitative estimate of drug-likeness (QED) is 0.265. The summed E-state index contributed by atoms with van der Waals surface area (Å²) in [5, 5.41) is 0. The number of aryl methyl sites for hydroxylation is 4. The molecule has 0 unspecified atom stereocenters. The molecular weight excluding hydrogens is 396 g/mol. The number of fused-ring (bicyclic) bond motifs is 1. The monoisotopic (exact) mass is 428 g/mol. The van der Waals surface area contributed by atoms with E-state index in [1.54, 1.807) is 0 Å². The fourth-order valence-corrected chi connectivity index (χ4v) is 3.87. The summed E-state index contributed by atoms with van der Waals surface area (Å²) in [4.78, 5) is 4.84. The molecule has 4 rings (SSSR count). The summed E-state index contributed by atoms with van der Waals surface area (Å²) in [7, 11) is 0.